The Hall–Kier alpha value is -2.08. The van der Waals surface area contributed by atoms with E-state index in [0.717, 1.165) is 62.4 Å². The Morgan fingerprint density at radius 1 is 1.06 bits per heavy atom. The molecule has 0 bridgehead atoms. The summed E-state index contributed by atoms with van der Waals surface area (Å²) < 4.78 is 0. The highest BCUT2D eigenvalue weighted by Crippen LogP contribution is 2.23. The Morgan fingerprint density at radius 3 is 2.55 bits per heavy atom. The number of aliphatic hydroxyl groups is 1. The third kappa shape index (κ3) is 5.79. The van der Waals surface area contributed by atoms with Crippen molar-refractivity contribution in [1.29, 1.82) is 0 Å². The summed E-state index contributed by atoms with van der Waals surface area (Å²) in [5.41, 5.74) is 3.13. The summed E-state index contributed by atoms with van der Waals surface area (Å²) in [6.07, 6.45) is 4.16. The molecule has 2 aliphatic heterocycles. The summed E-state index contributed by atoms with van der Waals surface area (Å²) >= 11 is 6.07. The van der Waals surface area contributed by atoms with Gasteiger partial charge in [0.05, 0.1) is 0 Å². The van der Waals surface area contributed by atoms with Crippen molar-refractivity contribution in [3.05, 3.63) is 64.7 Å². The lowest BCUT2D eigenvalue weighted by atomic mass is 9.98. The first-order valence-electron chi connectivity index (χ1n) is 11.4. The quantitative estimate of drug-likeness (QED) is 0.712. The number of carbonyl (C=O) groups is 1. The largest absolute Gasteiger partial charge is 0.396 e. The maximum atomic E-state index is 12.8. The average molecular weight is 442 g/mol. The van der Waals surface area contributed by atoms with Crippen molar-refractivity contribution in [2.45, 2.75) is 38.3 Å². The molecule has 2 aromatic carbocycles. The zero-order valence-electron chi connectivity index (χ0n) is 18.0. The number of nitrogens with one attached hydrogen (secondary N) is 1. The maximum Gasteiger partial charge on any atom is 0.253 e. The number of nitrogens with zero attached hydrogens (tertiary/aromatic N) is 2. The normalized spacial score (nSPS) is 20.1. The second-order valence-electron chi connectivity index (χ2n) is 8.76. The van der Waals surface area contributed by atoms with E-state index in [1.54, 1.807) is 0 Å². The summed E-state index contributed by atoms with van der Waals surface area (Å²) in [5, 5.41) is 13.8. The second kappa shape index (κ2) is 10.5. The molecule has 5 nitrogen and oxygen atoms in total. The molecule has 0 aromatic heterocycles. The lowest BCUT2D eigenvalue weighted by Crippen LogP contribution is -2.42. The van der Waals surface area contributed by atoms with Crippen LogP contribution in [0.3, 0.4) is 0 Å². The van der Waals surface area contributed by atoms with Gasteiger partial charge in [-0.3, -0.25) is 4.79 Å². The van der Waals surface area contributed by atoms with Gasteiger partial charge in [-0.2, -0.15) is 0 Å². The van der Waals surface area contributed by atoms with E-state index in [1.165, 1.54) is 11.3 Å². The molecule has 2 fully saturated rings. The molecule has 2 heterocycles. The summed E-state index contributed by atoms with van der Waals surface area (Å²) in [5.74, 6) is 0.291. The van der Waals surface area contributed by atoms with Crippen LogP contribution in [0.15, 0.2) is 48.5 Å². The number of rotatable bonds is 6. The SMILES string of the molecule is O=C(c1ccc(N2CCC(NCc3cccc(Cl)c3)CC2)cc1)N1CCCC(CO)C1. The Labute approximate surface area is 190 Å². The number of hydrogen-bond donors (Lipinski definition) is 2. The minimum absolute atomic E-state index is 0.0774. The first-order chi connectivity index (χ1) is 15.1. The first kappa shape index (κ1) is 22.1. The van der Waals surface area contributed by atoms with Gasteiger partial charge in [0.25, 0.3) is 5.91 Å². The highest BCUT2D eigenvalue weighted by Gasteiger charge is 2.24. The lowest BCUT2D eigenvalue weighted by molar-refractivity contribution is 0.0620. The Morgan fingerprint density at radius 2 is 1.84 bits per heavy atom. The monoisotopic (exact) mass is 441 g/mol. The van der Waals surface area contributed by atoms with Crippen LogP contribution in [0.1, 0.15) is 41.6 Å². The second-order valence-corrected chi connectivity index (χ2v) is 9.20. The van der Waals surface area contributed by atoms with Crippen molar-refractivity contribution in [3.8, 4) is 0 Å². The zero-order chi connectivity index (χ0) is 21.6. The van der Waals surface area contributed by atoms with Crippen molar-refractivity contribution in [1.82, 2.24) is 10.2 Å². The van der Waals surface area contributed by atoms with E-state index < -0.39 is 0 Å². The number of amides is 1. The van der Waals surface area contributed by atoms with E-state index >= 15 is 0 Å². The Bertz CT molecular complexity index is 865. The molecule has 2 aliphatic rings. The molecule has 0 spiro atoms. The van der Waals surface area contributed by atoms with Crippen LogP contribution in [0.4, 0.5) is 5.69 Å². The molecule has 6 heteroatoms. The fourth-order valence-corrected chi connectivity index (χ4v) is 4.86. The van der Waals surface area contributed by atoms with Crippen LogP contribution in [0.2, 0.25) is 5.02 Å². The van der Waals surface area contributed by atoms with Crippen molar-refractivity contribution >= 4 is 23.2 Å². The van der Waals surface area contributed by atoms with Gasteiger partial charge in [0, 0.05) is 61.6 Å². The van der Waals surface area contributed by atoms with Gasteiger partial charge < -0.3 is 20.2 Å². The average Bonchev–Trinajstić information content (AvgIpc) is 2.83. The van der Waals surface area contributed by atoms with Crippen molar-refractivity contribution < 1.29 is 9.90 Å². The molecular weight excluding hydrogens is 410 g/mol. The standard InChI is InChI=1S/C25H32ClN3O2/c26-22-5-1-3-19(15-22)16-27-23-10-13-28(14-11-23)24-8-6-21(7-9-24)25(31)29-12-2-4-20(17-29)18-30/h1,3,5-9,15,20,23,27,30H,2,4,10-14,16-18H2. The summed E-state index contributed by atoms with van der Waals surface area (Å²) in [6.45, 7) is 4.46. The summed E-state index contributed by atoms with van der Waals surface area (Å²) in [4.78, 5) is 17.1. The van der Waals surface area contributed by atoms with Crippen LogP contribution >= 0.6 is 11.6 Å². The number of halogens is 1. The first-order valence-corrected chi connectivity index (χ1v) is 11.7. The van der Waals surface area contributed by atoms with Crippen LogP contribution < -0.4 is 10.2 Å². The molecule has 166 valence electrons. The molecule has 1 atom stereocenters. The molecule has 1 amide bonds. The number of aliphatic hydroxyl groups excluding tert-OH is 1. The number of likely N-dealkylation sites (tertiary alicyclic amines) is 1. The van der Waals surface area contributed by atoms with Gasteiger partial charge in [0.1, 0.15) is 0 Å². The van der Waals surface area contributed by atoms with E-state index in [-0.39, 0.29) is 18.4 Å². The third-order valence-corrected chi connectivity index (χ3v) is 6.76. The molecule has 2 aromatic rings. The zero-order valence-corrected chi connectivity index (χ0v) is 18.7. The van der Waals surface area contributed by atoms with Crippen LogP contribution in [-0.4, -0.2) is 54.7 Å². The van der Waals surface area contributed by atoms with Gasteiger partial charge in [-0.25, -0.2) is 0 Å². The molecule has 1 unspecified atom stereocenters. The van der Waals surface area contributed by atoms with Crippen LogP contribution in [0.5, 0.6) is 0 Å². The van der Waals surface area contributed by atoms with Gasteiger partial charge in [-0.15, -0.1) is 0 Å². The Kier molecular flexibility index (Phi) is 7.49. The smallest absolute Gasteiger partial charge is 0.253 e. The van der Waals surface area contributed by atoms with Crippen LogP contribution in [0, 0.1) is 5.92 Å². The van der Waals surface area contributed by atoms with E-state index in [9.17, 15) is 9.90 Å². The molecule has 31 heavy (non-hydrogen) atoms. The minimum Gasteiger partial charge on any atom is -0.396 e. The van der Waals surface area contributed by atoms with Crippen molar-refractivity contribution in [3.63, 3.8) is 0 Å². The molecule has 0 saturated carbocycles. The fourth-order valence-electron chi connectivity index (χ4n) is 4.65. The molecule has 0 radical (unpaired) electrons. The predicted octanol–water partition coefficient (Wildman–Crippen LogP) is 3.94. The number of piperidine rings is 2. The summed E-state index contributed by atoms with van der Waals surface area (Å²) in [6, 6.07) is 16.6. The lowest BCUT2D eigenvalue weighted by Gasteiger charge is -2.34. The Balaban J connectivity index is 1.26. The molecule has 0 aliphatic carbocycles. The van der Waals surface area contributed by atoms with Crippen LogP contribution in [0.25, 0.3) is 0 Å². The van der Waals surface area contributed by atoms with Gasteiger partial charge in [0.2, 0.25) is 0 Å². The fraction of sp³-hybridized carbons (Fsp3) is 0.480. The number of benzene rings is 2. The minimum atomic E-state index is 0.0774. The molecule has 2 saturated heterocycles. The van der Waals surface area contributed by atoms with Gasteiger partial charge >= 0.3 is 0 Å². The maximum absolute atomic E-state index is 12.8. The van der Waals surface area contributed by atoms with E-state index in [1.807, 2.05) is 35.2 Å². The summed E-state index contributed by atoms with van der Waals surface area (Å²) in [7, 11) is 0. The molecule has 2 N–H and O–H groups in total. The van der Waals surface area contributed by atoms with Crippen LogP contribution in [-0.2, 0) is 6.54 Å². The number of hydrogen-bond acceptors (Lipinski definition) is 4. The van der Waals surface area contributed by atoms with Gasteiger partial charge in [0.15, 0.2) is 0 Å². The number of anilines is 1. The van der Waals surface area contributed by atoms with Gasteiger partial charge in [-0.05, 0) is 73.6 Å². The predicted molar refractivity (Wildman–Crippen MR) is 126 cm³/mol. The van der Waals surface area contributed by atoms with Gasteiger partial charge in [-0.1, -0.05) is 23.7 Å². The molecule has 4 rings (SSSR count). The third-order valence-electron chi connectivity index (χ3n) is 6.52. The van der Waals surface area contributed by atoms with E-state index in [2.05, 4.69) is 28.4 Å². The van der Waals surface area contributed by atoms with E-state index in [0.29, 0.717) is 12.6 Å². The van der Waals surface area contributed by atoms with Crippen molar-refractivity contribution in [2.24, 2.45) is 5.92 Å². The topological polar surface area (TPSA) is 55.8 Å². The highest BCUT2D eigenvalue weighted by atomic mass is 35.5. The molecular formula is C25H32ClN3O2. The van der Waals surface area contributed by atoms with Crippen molar-refractivity contribution in [2.75, 3.05) is 37.7 Å². The van der Waals surface area contributed by atoms with E-state index in [4.69, 9.17) is 11.6 Å². The number of carbonyl (C=O) groups excluding carboxylic acids is 1. The highest BCUT2D eigenvalue weighted by molar-refractivity contribution is 6.30.